The summed E-state index contributed by atoms with van der Waals surface area (Å²) in [6, 6.07) is 10.7. The van der Waals surface area contributed by atoms with Gasteiger partial charge >= 0.3 is 0 Å². The first-order chi connectivity index (χ1) is 9.28. The van der Waals surface area contributed by atoms with Crippen molar-refractivity contribution in [2.45, 2.75) is 13.3 Å². The lowest BCUT2D eigenvalue weighted by molar-refractivity contribution is -0.111. The number of piperazine rings is 1. The predicted octanol–water partition coefficient (Wildman–Crippen LogP) is 1.68. The minimum absolute atomic E-state index is 0.163. The zero-order valence-electron chi connectivity index (χ0n) is 11.8. The summed E-state index contributed by atoms with van der Waals surface area (Å²) in [5.41, 5.74) is 1.42. The smallest absolute Gasteiger partial charge is 0.124 e. The first kappa shape index (κ1) is 14.2. The van der Waals surface area contributed by atoms with E-state index in [1.165, 1.54) is 5.56 Å². The van der Waals surface area contributed by atoms with Gasteiger partial charge in [-0.15, -0.1) is 0 Å². The lowest BCUT2D eigenvalue weighted by atomic mass is 10.1. The minimum Gasteiger partial charge on any atom is -0.303 e. The zero-order chi connectivity index (χ0) is 13.5. The maximum absolute atomic E-state index is 10.7. The van der Waals surface area contributed by atoms with E-state index in [-0.39, 0.29) is 5.92 Å². The fraction of sp³-hybridized carbons (Fsp3) is 0.562. The first-order valence-corrected chi connectivity index (χ1v) is 7.22. The molecule has 1 atom stereocenters. The molecule has 0 amide bonds. The quantitative estimate of drug-likeness (QED) is 0.727. The molecule has 0 bridgehead atoms. The monoisotopic (exact) mass is 260 g/mol. The fourth-order valence-electron chi connectivity index (χ4n) is 2.58. The lowest BCUT2D eigenvalue weighted by Gasteiger charge is -2.35. The molecule has 0 radical (unpaired) electrons. The van der Waals surface area contributed by atoms with E-state index in [2.05, 4.69) is 40.1 Å². The van der Waals surface area contributed by atoms with Crippen LogP contribution in [0, 0.1) is 5.92 Å². The van der Waals surface area contributed by atoms with E-state index in [0.717, 1.165) is 52.0 Å². The molecule has 0 saturated carbocycles. The number of rotatable bonds is 6. The van der Waals surface area contributed by atoms with Crippen molar-refractivity contribution in [1.82, 2.24) is 9.80 Å². The number of aldehydes is 1. The van der Waals surface area contributed by atoms with E-state index < -0.39 is 0 Å². The van der Waals surface area contributed by atoms with Crippen molar-refractivity contribution in [1.29, 1.82) is 0 Å². The lowest BCUT2D eigenvalue weighted by Crippen LogP contribution is -2.48. The highest BCUT2D eigenvalue weighted by atomic mass is 16.1. The zero-order valence-corrected chi connectivity index (χ0v) is 11.8. The maximum Gasteiger partial charge on any atom is 0.124 e. The number of hydrogen-bond acceptors (Lipinski definition) is 3. The third-order valence-corrected chi connectivity index (χ3v) is 3.80. The van der Waals surface area contributed by atoms with E-state index in [4.69, 9.17) is 0 Å². The van der Waals surface area contributed by atoms with Crippen LogP contribution in [-0.2, 0) is 11.2 Å². The van der Waals surface area contributed by atoms with Gasteiger partial charge in [0.1, 0.15) is 6.29 Å². The molecule has 1 aliphatic heterocycles. The molecule has 1 aromatic carbocycles. The Bertz CT molecular complexity index is 372. The van der Waals surface area contributed by atoms with Gasteiger partial charge in [0, 0.05) is 45.2 Å². The Morgan fingerprint density at radius 3 is 2.37 bits per heavy atom. The van der Waals surface area contributed by atoms with Gasteiger partial charge in [0.2, 0.25) is 0 Å². The van der Waals surface area contributed by atoms with Gasteiger partial charge in [-0.05, 0) is 12.0 Å². The number of hydrogen-bond donors (Lipinski definition) is 0. The molecule has 19 heavy (non-hydrogen) atoms. The van der Waals surface area contributed by atoms with Crippen LogP contribution in [0.3, 0.4) is 0 Å². The molecule has 0 N–H and O–H groups in total. The van der Waals surface area contributed by atoms with Crippen LogP contribution in [0.1, 0.15) is 12.5 Å². The highest BCUT2D eigenvalue weighted by molar-refractivity contribution is 5.53. The van der Waals surface area contributed by atoms with Crippen LogP contribution in [0.5, 0.6) is 0 Å². The van der Waals surface area contributed by atoms with Gasteiger partial charge < -0.3 is 14.6 Å². The topological polar surface area (TPSA) is 23.6 Å². The average Bonchev–Trinajstić information content (AvgIpc) is 2.47. The summed E-state index contributed by atoms with van der Waals surface area (Å²) in [4.78, 5) is 15.6. The van der Waals surface area contributed by atoms with E-state index >= 15 is 0 Å². The second-order valence-electron chi connectivity index (χ2n) is 5.49. The van der Waals surface area contributed by atoms with Crippen LogP contribution in [0.25, 0.3) is 0 Å². The molecule has 0 aliphatic carbocycles. The Morgan fingerprint density at radius 1 is 1.11 bits per heavy atom. The van der Waals surface area contributed by atoms with Crippen molar-refractivity contribution >= 4 is 6.29 Å². The van der Waals surface area contributed by atoms with Crippen LogP contribution in [0.15, 0.2) is 30.3 Å². The van der Waals surface area contributed by atoms with Gasteiger partial charge in [-0.2, -0.15) is 0 Å². The van der Waals surface area contributed by atoms with Crippen molar-refractivity contribution in [3.8, 4) is 0 Å². The molecule has 1 saturated heterocycles. The summed E-state index contributed by atoms with van der Waals surface area (Å²) >= 11 is 0. The van der Waals surface area contributed by atoms with E-state index in [1.54, 1.807) is 0 Å². The molecule has 0 aromatic heterocycles. The molecule has 3 heteroatoms. The summed E-state index contributed by atoms with van der Waals surface area (Å²) < 4.78 is 0. The number of nitrogens with zero attached hydrogens (tertiary/aromatic N) is 2. The number of benzene rings is 1. The Morgan fingerprint density at radius 2 is 1.74 bits per heavy atom. The third kappa shape index (κ3) is 4.77. The van der Waals surface area contributed by atoms with E-state index in [9.17, 15) is 4.79 Å². The first-order valence-electron chi connectivity index (χ1n) is 7.22. The molecular weight excluding hydrogens is 236 g/mol. The molecule has 1 heterocycles. The molecular formula is C16H24N2O. The predicted molar refractivity (Wildman–Crippen MR) is 78.3 cm³/mol. The molecule has 1 aliphatic rings. The van der Waals surface area contributed by atoms with Crippen LogP contribution < -0.4 is 0 Å². The molecule has 1 fully saturated rings. The van der Waals surface area contributed by atoms with Crippen LogP contribution in [0.2, 0.25) is 0 Å². The molecule has 3 nitrogen and oxygen atoms in total. The standard InChI is InChI=1S/C16H24N2O/c1-15(14-19)13-18-11-9-17(10-12-18)8-7-16-5-3-2-4-6-16/h2-6,14-15H,7-13H2,1H3. The van der Waals surface area contributed by atoms with Crippen molar-refractivity contribution in [2.75, 3.05) is 39.3 Å². The van der Waals surface area contributed by atoms with Crippen molar-refractivity contribution < 1.29 is 4.79 Å². The van der Waals surface area contributed by atoms with Crippen LogP contribution in [0.4, 0.5) is 0 Å². The van der Waals surface area contributed by atoms with Crippen molar-refractivity contribution in [3.63, 3.8) is 0 Å². The van der Waals surface area contributed by atoms with Crippen molar-refractivity contribution in [3.05, 3.63) is 35.9 Å². The SMILES string of the molecule is CC(C=O)CN1CCN(CCc2ccccc2)CC1. The number of carbonyl (C=O) groups is 1. The minimum atomic E-state index is 0.163. The Kier molecular flexibility index (Phi) is 5.55. The Labute approximate surface area is 116 Å². The normalized spacial score (nSPS) is 19.2. The van der Waals surface area contributed by atoms with Crippen LogP contribution >= 0.6 is 0 Å². The average molecular weight is 260 g/mol. The molecule has 104 valence electrons. The van der Waals surface area contributed by atoms with Gasteiger partial charge in [-0.25, -0.2) is 0 Å². The maximum atomic E-state index is 10.7. The highest BCUT2D eigenvalue weighted by Crippen LogP contribution is 2.07. The summed E-state index contributed by atoms with van der Waals surface area (Å²) in [5.74, 6) is 0.163. The molecule has 1 aromatic rings. The van der Waals surface area contributed by atoms with Gasteiger partial charge in [0.15, 0.2) is 0 Å². The number of carbonyl (C=O) groups excluding carboxylic acids is 1. The fourth-order valence-corrected chi connectivity index (χ4v) is 2.58. The molecule has 0 spiro atoms. The van der Waals surface area contributed by atoms with Gasteiger partial charge in [0.25, 0.3) is 0 Å². The molecule has 2 rings (SSSR count). The highest BCUT2D eigenvalue weighted by Gasteiger charge is 2.17. The van der Waals surface area contributed by atoms with Gasteiger partial charge in [0.05, 0.1) is 0 Å². The van der Waals surface area contributed by atoms with Crippen molar-refractivity contribution in [2.24, 2.45) is 5.92 Å². The largest absolute Gasteiger partial charge is 0.303 e. The summed E-state index contributed by atoms with van der Waals surface area (Å²) in [6.45, 7) is 8.47. The Hall–Kier alpha value is -1.19. The second kappa shape index (κ2) is 7.41. The summed E-state index contributed by atoms with van der Waals surface area (Å²) in [5, 5.41) is 0. The third-order valence-electron chi connectivity index (χ3n) is 3.80. The summed E-state index contributed by atoms with van der Waals surface area (Å²) in [7, 11) is 0. The molecule has 1 unspecified atom stereocenters. The Balaban J connectivity index is 1.67. The summed E-state index contributed by atoms with van der Waals surface area (Å²) in [6.07, 6.45) is 2.19. The van der Waals surface area contributed by atoms with E-state index in [0.29, 0.717) is 0 Å². The van der Waals surface area contributed by atoms with Gasteiger partial charge in [-0.3, -0.25) is 0 Å². The van der Waals surface area contributed by atoms with Crippen LogP contribution in [-0.4, -0.2) is 55.4 Å². The second-order valence-corrected chi connectivity index (χ2v) is 5.49. The van der Waals surface area contributed by atoms with Gasteiger partial charge in [-0.1, -0.05) is 37.3 Å². The van der Waals surface area contributed by atoms with E-state index in [1.807, 2.05) is 6.92 Å².